The lowest BCUT2D eigenvalue weighted by Gasteiger charge is -2.19. The molecule has 2 rings (SSSR count). The van der Waals surface area contributed by atoms with Crippen LogP contribution in [0.2, 0.25) is 5.02 Å². The molecule has 0 radical (unpaired) electrons. The molecule has 0 N–H and O–H groups in total. The van der Waals surface area contributed by atoms with Crippen molar-refractivity contribution in [2.45, 2.75) is 47.0 Å². The van der Waals surface area contributed by atoms with Crippen molar-refractivity contribution < 1.29 is 0 Å². The summed E-state index contributed by atoms with van der Waals surface area (Å²) in [6.45, 7) is 10.8. The van der Waals surface area contributed by atoms with Crippen LogP contribution in [-0.4, -0.2) is 0 Å². The summed E-state index contributed by atoms with van der Waals surface area (Å²) in [6.07, 6.45) is 1.19. The Morgan fingerprint density at radius 2 is 1.24 bits per heavy atom. The van der Waals surface area contributed by atoms with Crippen molar-refractivity contribution in [3.05, 3.63) is 59.1 Å². The van der Waals surface area contributed by atoms with E-state index in [0.717, 1.165) is 5.02 Å². The van der Waals surface area contributed by atoms with Gasteiger partial charge < -0.3 is 0 Å². The lowest BCUT2D eigenvalue weighted by molar-refractivity contribution is 0.485. The van der Waals surface area contributed by atoms with Gasteiger partial charge in [0.05, 0.1) is 0 Å². The molecule has 0 spiro atoms. The number of hydrogen-bond acceptors (Lipinski definition) is 0. The van der Waals surface area contributed by atoms with E-state index < -0.39 is 0 Å². The normalized spacial score (nSPS) is 11.8. The second kappa shape index (κ2) is 8.89. The van der Waals surface area contributed by atoms with Crippen LogP contribution < -0.4 is 0 Å². The quantitative estimate of drug-likeness (QED) is 0.561. The van der Waals surface area contributed by atoms with Crippen LogP contribution in [0.1, 0.15) is 52.5 Å². The van der Waals surface area contributed by atoms with E-state index in [0.29, 0.717) is 11.8 Å². The molecule has 2 aromatic rings. The monoisotopic (exact) mass is 302 g/mol. The number of hydrogen-bond donors (Lipinski definition) is 0. The van der Waals surface area contributed by atoms with Gasteiger partial charge in [0.2, 0.25) is 0 Å². The molecule has 0 saturated carbocycles. The highest BCUT2D eigenvalue weighted by atomic mass is 35.5. The fourth-order valence-corrected chi connectivity index (χ4v) is 2.78. The molecule has 114 valence electrons. The van der Waals surface area contributed by atoms with Gasteiger partial charge >= 0.3 is 0 Å². The van der Waals surface area contributed by atoms with Crippen LogP contribution >= 0.6 is 11.6 Å². The first kappa shape index (κ1) is 17.8. The molecular weight excluding hydrogens is 276 g/mol. The lowest BCUT2D eigenvalue weighted by Crippen LogP contribution is -2.05. The SMILES string of the molecule is CC.CCC(c1ccc(-c2ccc(Cl)cc2)cc1)C(C)C. The van der Waals surface area contributed by atoms with Crippen LogP contribution in [0.15, 0.2) is 48.5 Å². The van der Waals surface area contributed by atoms with Crippen molar-refractivity contribution in [2.24, 2.45) is 5.92 Å². The van der Waals surface area contributed by atoms with Crippen molar-refractivity contribution in [1.82, 2.24) is 0 Å². The maximum absolute atomic E-state index is 5.92. The molecule has 1 unspecified atom stereocenters. The van der Waals surface area contributed by atoms with Gasteiger partial charge in [0.1, 0.15) is 0 Å². The summed E-state index contributed by atoms with van der Waals surface area (Å²) in [5.41, 5.74) is 3.91. The maximum Gasteiger partial charge on any atom is 0.0406 e. The predicted octanol–water partition coefficient (Wildman–Crippen LogP) is 7.18. The lowest BCUT2D eigenvalue weighted by atomic mass is 9.86. The van der Waals surface area contributed by atoms with E-state index in [4.69, 9.17) is 11.6 Å². The van der Waals surface area contributed by atoms with Gasteiger partial charge in [-0.1, -0.05) is 82.6 Å². The van der Waals surface area contributed by atoms with E-state index >= 15 is 0 Å². The summed E-state index contributed by atoms with van der Waals surface area (Å²) < 4.78 is 0. The van der Waals surface area contributed by atoms with Crippen LogP contribution in [-0.2, 0) is 0 Å². The number of benzene rings is 2. The summed E-state index contributed by atoms with van der Waals surface area (Å²) in [4.78, 5) is 0. The molecule has 0 nitrogen and oxygen atoms in total. The first-order valence-corrected chi connectivity index (χ1v) is 8.35. The molecule has 0 heterocycles. The third-order valence-electron chi connectivity index (χ3n) is 3.76. The Morgan fingerprint density at radius 1 is 0.810 bits per heavy atom. The zero-order valence-electron chi connectivity index (χ0n) is 13.9. The minimum atomic E-state index is 0.652. The Hall–Kier alpha value is -1.27. The van der Waals surface area contributed by atoms with Crippen LogP contribution in [0.5, 0.6) is 0 Å². The summed E-state index contributed by atoms with van der Waals surface area (Å²) in [6, 6.07) is 17.0. The molecule has 0 amide bonds. The molecular formula is C20H27Cl. The molecule has 0 saturated heterocycles. The third-order valence-corrected chi connectivity index (χ3v) is 4.01. The van der Waals surface area contributed by atoms with E-state index in [-0.39, 0.29) is 0 Å². The predicted molar refractivity (Wildman–Crippen MR) is 96.1 cm³/mol. The van der Waals surface area contributed by atoms with Crippen molar-refractivity contribution >= 4 is 11.6 Å². The molecule has 1 heteroatoms. The summed E-state index contributed by atoms with van der Waals surface area (Å²) in [5, 5.41) is 0.784. The maximum atomic E-state index is 5.92. The van der Waals surface area contributed by atoms with Crippen molar-refractivity contribution in [2.75, 3.05) is 0 Å². The average Bonchev–Trinajstić information content (AvgIpc) is 2.51. The van der Waals surface area contributed by atoms with Gasteiger partial charge in [-0.05, 0) is 47.1 Å². The Kier molecular flexibility index (Phi) is 7.53. The Morgan fingerprint density at radius 3 is 1.62 bits per heavy atom. The zero-order valence-corrected chi connectivity index (χ0v) is 14.6. The fourth-order valence-electron chi connectivity index (χ4n) is 2.66. The fraction of sp³-hybridized carbons (Fsp3) is 0.400. The molecule has 1 atom stereocenters. The zero-order chi connectivity index (χ0) is 15.8. The topological polar surface area (TPSA) is 0 Å². The molecule has 0 aromatic heterocycles. The van der Waals surface area contributed by atoms with Gasteiger partial charge in [-0.15, -0.1) is 0 Å². The first-order chi connectivity index (χ1) is 10.1. The minimum Gasteiger partial charge on any atom is -0.0843 e. The van der Waals surface area contributed by atoms with Gasteiger partial charge in [-0.3, -0.25) is 0 Å². The second-order valence-corrected chi connectivity index (χ2v) is 5.82. The van der Waals surface area contributed by atoms with Crippen LogP contribution in [0, 0.1) is 5.92 Å². The molecule has 0 aliphatic heterocycles. The number of halogens is 1. The minimum absolute atomic E-state index is 0.652. The third kappa shape index (κ3) is 4.89. The molecule has 21 heavy (non-hydrogen) atoms. The van der Waals surface area contributed by atoms with Gasteiger partial charge in [0, 0.05) is 5.02 Å². The highest BCUT2D eigenvalue weighted by Gasteiger charge is 2.13. The smallest absolute Gasteiger partial charge is 0.0406 e. The summed E-state index contributed by atoms with van der Waals surface area (Å²) in [7, 11) is 0. The van der Waals surface area contributed by atoms with Gasteiger partial charge in [0.15, 0.2) is 0 Å². The van der Waals surface area contributed by atoms with E-state index in [1.54, 1.807) is 0 Å². The Balaban J connectivity index is 0.00000106. The van der Waals surface area contributed by atoms with Crippen LogP contribution in [0.4, 0.5) is 0 Å². The summed E-state index contributed by atoms with van der Waals surface area (Å²) >= 11 is 5.92. The van der Waals surface area contributed by atoms with Gasteiger partial charge in [-0.25, -0.2) is 0 Å². The van der Waals surface area contributed by atoms with Gasteiger partial charge in [0.25, 0.3) is 0 Å². The van der Waals surface area contributed by atoms with Crippen molar-refractivity contribution in [1.29, 1.82) is 0 Å². The molecule has 0 aliphatic carbocycles. The van der Waals surface area contributed by atoms with Crippen molar-refractivity contribution in [3.63, 3.8) is 0 Å². The van der Waals surface area contributed by atoms with Gasteiger partial charge in [-0.2, -0.15) is 0 Å². The second-order valence-electron chi connectivity index (χ2n) is 5.39. The highest BCUT2D eigenvalue weighted by molar-refractivity contribution is 6.30. The molecule has 0 aliphatic rings. The first-order valence-electron chi connectivity index (χ1n) is 7.97. The van der Waals surface area contributed by atoms with Crippen LogP contribution in [0.3, 0.4) is 0 Å². The Labute approximate surface area is 135 Å². The van der Waals surface area contributed by atoms with Crippen LogP contribution in [0.25, 0.3) is 11.1 Å². The summed E-state index contributed by atoms with van der Waals surface area (Å²) in [5.74, 6) is 1.34. The largest absolute Gasteiger partial charge is 0.0843 e. The molecule has 0 fully saturated rings. The standard InChI is InChI=1S/C18H21Cl.C2H6/c1-4-18(13(2)3)16-7-5-14(6-8-16)15-9-11-17(19)12-10-15;1-2/h5-13,18H,4H2,1-3H3;1-2H3. The highest BCUT2D eigenvalue weighted by Crippen LogP contribution is 2.29. The van der Waals surface area contributed by atoms with E-state index in [1.165, 1.54) is 23.1 Å². The molecule has 2 aromatic carbocycles. The van der Waals surface area contributed by atoms with Crippen molar-refractivity contribution in [3.8, 4) is 11.1 Å². The van der Waals surface area contributed by atoms with E-state index in [1.807, 2.05) is 26.0 Å². The number of rotatable bonds is 4. The Bertz CT molecular complexity index is 509. The average molecular weight is 303 g/mol. The van der Waals surface area contributed by atoms with E-state index in [9.17, 15) is 0 Å². The molecule has 0 bridgehead atoms. The van der Waals surface area contributed by atoms with E-state index in [2.05, 4.69) is 57.2 Å².